The van der Waals surface area contributed by atoms with Crippen molar-refractivity contribution in [3.63, 3.8) is 0 Å². The van der Waals surface area contributed by atoms with E-state index >= 15 is 0 Å². The number of carbonyl (C=O) groups is 1. The van der Waals surface area contributed by atoms with Gasteiger partial charge in [-0.05, 0) is 31.3 Å². The number of carbonyl (C=O) groups excluding carboxylic acids is 1. The quantitative estimate of drug-likeness (QED) is 0.847. The van der Waals surface area contributed by atoms with Crippen LogP contribution >= 0.6 is 0 Å². The Kier molecular flexibility index (Phi) is 5.10. The number of anilines is 2. The van der Waals surface area contributed by atoms with E-state index in [0.717, 1.165) is 38.0 Å². The fourth-order valence-corrected chi connectivity index (χ4v) is 2.93. The molecule has 0 radical (unpaired) electrons. The van der Waals surface area contributed by atoms with Crippen LogP contribution in [0.4, 0.5) is 11.6 Å². The Morgan fingerprint density at radius 1 is 1.33 bits per heavy atom. The monoisotopic (exact) mass is 324 g/mol. The lowest BCUT2D eigenvalue weighted by Gasteiger charge is -2.32. The fourth-order valence-electron chi connectivity index (χ4n) is 2.93. The highest BCUT2D eigenvalue weighted by Crippen LogP contribution is 2.21. The lowest BCUT2D eigenvalue weighted by atomic mass is 9.93. The zero-order valence-corrected chi connectivity index (χ0v) is 13.4. The zero-order valence-electron chi connectivity index (χ0n) is 13.4. The van der Waals surface area contributed by atoms with Crippen molar-refractivity contribution in [2.75, 3.05) is 18.4 Å². The van der Waals surface area contributed by atoms with E-state index in [1.165, 1.54) is 6.08 Å². The standard InChI is InChI=1S/C17H20N6O/c1-2-17(24)23-7-3-4-13(11-23)8-14-9-15(21-12-20-14)22-16-10-18-5-6-19-16/h2,5-6,9-10,12-13H,1,3-4,7-8,11H2,(H,19,20,21,22). The maximum absolute atomic E-state index is 11.8. The van der Waals surface area contributed by atoms with E-state index in [1.54, 1.807) is 24.9 Å². The number of aromatic nitrogens is 4. The molecule has 3 rings (SSSR count). The molecule has 1 N–H and O–H groups in total. The van der Waals surface area contributed by atoms with Gasteiger partial charge in [-0.3, -0.25) is 9.78 Å². The molecule has 7 nitrogen and oxygen atoms in total. The maximum atomic E-state index is 11.8. The molecule has 1 aliphatic heterocycles. The summed E-state index contributed by atoms with van der Waals surface area (Å²) in [6.45, 7) is 5.13. The molecule has 124 valence electrons. The summed E-state index contributed by atoms with van der Waals surface area (Å²) in [4.78, 5) is 30.4. The van der Waals surface area contributed by atoms with Crippen LogP contribution in [0, 0.1) is 5.92 Å². The molecule has 1 aliphatic rings. The van der Waals surface area contributed by atoms with Gasteiger partial charge < -0.3 is 10.2 Å². The maximum Gasteiger partial charge on any atom is 0.245 e. The minimum Gasteiger partial charge on any atom is -0.339 e. The number of rotatable bonds is 5. The van der Waals surface area contributed by atoms with Crippen molar-refractivity contribution >= 4 is 17.5 Å². The third-order valence-corrected chi connectivity index (χ3v) is 4.05. The normalized spacial score (nSPS) is 17.3. The molecule has 3 heterocycles. The third kappa shape index (κ3) is 4.13. The molecule has 0 bridgehead atoms. The molecule has 0 aliphatic carbocycles. The van der Waals surface area contributed by atoms with Crippen LogP contribution in [0.1, 0.15) is 18.5 Å². The predicted molar refractivity (Wildman–Crippen MR) is 90.6 cm³/mol. The minimum atomic E-state index is 0.00685. The molecule has 1 saturated heterocycles. The van der Waals surface area contributed by atoms with Gasteiger partial charge in [0.25, 0.3) is 0 Å². The SMILES string of the molecule is C=CC(=O)N1CCCC(Cc2cc(Nc3cnccn3)ncn2)C1. The van der Waals surface area contributed by atoms with Crippen molar-refractivity contribution in [3.8, 4) is 0 Å². The smallest absolute Gasteiger partial charge is 0.245 e. The largest absolute Gasteiger partial charge is 0.339 e. The van der Waals surface area contributed by atoms with Gasteiger partial charge in [0.2, 0.25) is 5.91 Å². The molecule has 1 atom stereocenters. The van der Waals surface area contributed by atoms with Gasteiger partial charge in [-0.1, -0.05) is 6.58 Å². The molecule has 2 aromatic rings. The molecular formula is C17H20N6O. The predicted octanol–water partition coefficient (Wildman–Crippen LogP) is 1.98. The highest BCUT2D eigenvalue weighted by Gasteiger charge is 2.22. The van der Waals surface area contributed by atoms with Crippen molar-refractivity contribution in [2.45, 2.75) is 19.3 Å². The number of piperidine rings is 1. The van der Waals surface area contributed by atoms with Crippen LogP contribution in [0.25, 0.3) is 0 Å². The van der Waals surface area contributed by atoms with E-state index < -0.39 is 0 Å². The summed E-state index contributed by atoms with van der Waals surface area (Å²) in [5.41, 5.74) is 0.953. The van der Waals surface area contributed by atoms with Gasteiger partial charge in [0, 0.05) is 37.2 Å². The van der Waals surface area contributed by atoms with E-state index in [2.05, 4.69) is 31.8 Å². The van der Waals surface area contributed by atoms with Crippen LogP contribution in [0.3, 0.4) is 0 Å². The van der Waals surface area contributed by atoms with Crippen LogP contribution in [0.2, 0.25) is 0 Å². The van der Waals surface area contributed by atoms with Crippen LogP contribution in [-0.4, -0.2) is 43.8 Å². The Morgan fingerprint density at radius 3 is 3.04 bits per heavy atom. The van der Waals surface area contributed by atoms with Crippen molar-refractivity contribution < 1.29 is 4.79 Å². The molecule has 0 saturated carbocycles. The van der Waals surface area contributed by atoms with Gasteiger partial charge >= 0.3 is 0 Å². The Balaban J connectivity index is 1.64. The number of likely N-dealkylation sites (tertiary alicyclic amines) is 1. The van der Waals surface area contributed by atoms with Gasteiger partial charge in [-0.25, -0.2) is 15.0 Å². The second-order valence-electron chi connectivity index (χ2n) is 5.81. The first-order chi connectivity index (χ1) is 11.7. The van der Waals surface area contributed by atoms with Gasteiger partial charge in [0.15, 0.2) is 0 Å². The second kappa shape index (κ2) is 7.63. The minimum absolute atomic E-state index is 0.00685. The first kappa shape index (κ1) is 16.0. The molecular weight excluding hydrogens is 304 g/mol. The van der Waals surface area contributed by atoms with Crippen LogP contribution in [-0.2, 0) is 11.2 Å². The average Bonchev–Trinajstić information content (AvgIpc) is 2.62. The Labute approximate surface area is 140 Å². The van der Waals surface area contributed by atoms with E-state index in [4.69, 9.17) is 0 Å². The van der Waals surface area contributed by atoms with E-state index in [1.807, 2.05) is 11.0 Å². The first-order valence-electron chi connectivity index (χ1n) is 8.00. The van der Waals surface area contributed by atoms with Crippen LogP contribution in [0.15, 0.2) is 43.6 Å². The molecule has 0 spiro atoms. The molecule has 0 aromatic carbocycles. The number of amides is 1. The van der Waals surface area contributed by atoms with Gasteiger partial charge in [0.05, 0.1) is 6.20 Å². The van der Waals surface area contributed by atoms with Gasteiger partial charge in [-0.15, -0.1) is 0 Å². The summed E-state index contributed by atoms with van der Waals surface area (Å²) in [6, 6.07) is 1.92. The third-order valence-electron chi connectivity index (χ3n) is 4.05. The lowest BCUT2D eigenvalue weighted by molar-refractivity contribution is -0.127. The highest BCUT2D eigenvalue weighted by atomic mass is 16.2. The van der Waals surface area contributed by atoms with E-state index in [0.29, 0.717) is 17.6 Å². The highest BCUT2D eigenvalue weighted by molar-refractivity contribution is 5.87. The topological polar surface area (TPSA) is 83.9 Å². The molecule has 24 heavy (non-hydrogen) atoms. The Morgan fingerprint density at radius 2 is 2.25 bits per heavy atom. The molecule has 2 aromatic heterocycles. The molecule has 1 unspecified atom stereocenters. The van der Waals surface area contributed by atoms with E-state index in [-0.39, 0.29) is 5.91 Å². The summed E-state index contributed by atoms with van der Waals surface area (Å²) in [5.74, 6) is 1.74. The number of nitrogens with zero attached hydrogens (tertiary/aromatic N) is 5. The van der Waals surface area contributed by atoms with Gasteiger partial charge in [0.1, 0.15) is 18.0 Å². The van der Waals surface area contributed by atoms with Gasteiger partial charge in [-0.2, -0.15) is 0 Å². The molecule has 1 fully saturated rings. The summed E-state index contributed by atoms with van der Waals surface area (Å²) in [5, 5.41) is 3.12. The number of hydrogen-bond donors (Lipinski definition) is 1. The van der Waals surface area contributed by atoms with Crippen molar-refractivity contribution in [2.24, 2.45) is 5.92 Å². The Hall–Kier alpha value is -2.83. The van der Waals surface area contributed by atoms with Crippen molar-refractivity contribution in [1.82, 2.24) is 24.8 Å². The molecule has 1 amide bonds. The van der Waals surface area contributed by atoms with E-state index in [9.17, 15) is 4.79 Å². The second-order valence-corrected chi connectivity index (χ2v) is 5.81. The number of nitrogens with one attached hydrogen (secondary N) is 1. The zero-order chi connectivity index (χ0) is 16.8. The fraction of sp³-hybridized carbons (Fsp3) is 0.353. The molecule has 7 heteroatoms. The summed E-state index contributed by atoms with van der Waals surface area (Å²) in [6.07, 6.45) is 10.7. The number of hydrogen-bond acceptors (Lipinski definition) is 6. The lowest BCUT2D eigenvalue weighted by Crippen LogP contribution is -2.39. The van der Waals surface area contributed by atoms with Crippen LogP contribution in [0.5, 0.6) is 0 Å². The van der Waals surface area contributed by atoms with Crippen LogP contribution < -0.4 is 5.32 Å². The average molecular weight is 324 g/mol. The first-order valence-corrected chi connectivity index (χ1v) is 8.00. The van der Waals surface area contributed by atoms with Crippen molar-refractivity contribution in [3.05, 3.63) is 49.3 Å². The summed E-state index contributed by atoms with van der Waals surface area (Å²) < 4.78 is 0. The summed E-state index contributed by atoms with van der Waals surface area (Å²) in [7, 11) is 0. The Bertz CT molecular complexity index is 705. The summed E-state index contributed by atoms with van der Waals surface area (Å²) >= 11 is 0. The van der Waals surface area contributed by atoms with Crippen molar-refractivity contribution in [1.29, 1.82) is 0 Å².